The molecule has 1 atom stereocenters. The largest absolute Gasteiger partial charge is 0.325 e. The summed E-state index contributed by atoms with van der Waals surface area (Å²) in [4.78, 5) is 26.4. The number of aryl methyl sites for hydroxylation is 1. The van der Waals surface area contributed by atoms with Crippen molar-refractivity contribution in [2.24, 2.45) is 5.92 Å². The zero-order valence-corrected chi connectivity index (χ0v) is 15.6. The highest BCUT2D eigenvalue weighted by Crippen LogP contribution is 2.34. The van der Waals surface area contributed by atoms with E-state index in [0.29, 0.717) is 26.4 Å². The first-order valence-corrected chi connectivity index (χ1v) is 8.81. The maximum atomic E-state index is 12.6. The lowest BCUT2D eigenvalue weighted by Crippen LogP contribution is -2.28. The lowest BCUT2D eigenvalue weighted by molar-refractivity contribution is -0.122. The lowest BCUT2D eigenvalue weighted by Gasteiger charge is -2.18. The van der Waals surface area contributed by atoms with Crippen LogP contribution in [0.2, 0.25) is 15.1 Å². The summed E-state index contributed by atoms with van der Waals surface area (Å²) in [5.74, 6) is -0.854. The average Bonchev–Trinajstić information content (AvgIpc) is 2.95. The topological polar surface area (TPSA) is 49.4 Å². The Bertz CT molecular complexity index is 854. The first-order chi connectivity index (χ1) is 11.8. The molecule has 130 valence electrons. The molecule has 0 aliphatic carbocycles. The fourth-order valence-corrected chi connectivity index (χ4v) is 3.33. The summed E-state index contributed by atoms with van der Waals surface area (Å²) in [5.41, 5.74) is 2.06. The van der Waals surface area contributed by atoms with Crippen molar-refractivity contribution >= 4 is 58.0 Å². The van der Waals surface area contributed by atoms with Crippen LogP contribution in [0.5, 0.6) is 0 Å². The van der Waals surface area contributed by atoms with Crippen molar-refractivity contribution in [1.29, 1.82) is 0 Å². The van der Waals surface area contributed by atoms with Crippen molar-refractivity contribution in [1.82, 2.24) is 0 Å². The summed E-state index contributed by atoms with van der Waals surface area (Å²) in [6, 6.07) is 10.2. The number of carbonyl (C=O) groups is 2. The number of carbonyl (C=O) groups excluding carboxylic acids is 2. The van der Waals surface area contributed by atoms with E-state index in [1.807, 2.05) is 13.0 Å². The van der Waals surface area contributed by atoms with Crippen LogP contribution in [0.25, 0.3) is 0 Å². The SMILES string of the molecule is Cc1ccc(Cl)cc1NC(=O)[C@H]1CC(=O)N(c2cc(Cl)ccc2Cl)C1. The monoisotopic (exact) mass is 396 g/mol. The van der Waals surface area contributed by atoms with Crippen molar-refractivity contribution in [3.05, 3.63) is 57.0 Å². The molecule has 2 amide bonds. The van der Waals surface area contributed by atoms with E-state index in [-0.39, 0.29) is 24.8 Å². The van der Waals surface area contributed by atoms with Gasteiger partial charge < -0.3 is 10.2 Å². The smallest absolute Gasteiger partial charge is 0.229 e. The van der Waals surface area contributed by atoms with Crippen LogP contribution in [-0.4, -0.2) is 18.4 Å². The molecule has 0 spiro atoms. The summed E-state index contributed by atoms with van der Waals surface area (Å²) in [6.07, 6.45) is 0.119. The predicted molar refractivity (Wildman–Crippen MR) is 102 cm³/mol. The summed E-state index contributed by atoms with van der Waals surface area (Å²) >= 11 is 18.1. The molecule has 2 aromatic rings. The second kappa shape index (κ2) is 7.24. The van der Waals surface area contributed by atoms with Gasteiger partial charge in [0, 0.05) is 28.7 Å². The van der Waals surface area contributed by atoms with E-state index in [1.54, 1.807) is 30.3 Å². The van der Waals surface area contributed by atoms with Crippen molar-refractivity contribution in [3.8, 4) is 0 Å². The minimum Gasteiger partial charge on any atom is -0.325 e. The number of benzene rings is 2. The quantitative estimate of drug-likeness (QED) is 0.797. The number of nitrogens with zero attached hydrogens (tertiary/aromatic N) is 1. The van der Waals surface area contributed by atoms with Gasteiger partial charge in [-0.15, -0.1) is 0 Å². The van der Waals surface area contributed by atoms with Gasteiger partial charge in [-0.2, -0.15) is 0 Å². The average molecular weight is 398 g/mol. The molecule has 1 aliphatic heterocycles. The van der Waals surface area contributed by atoms with Gasteiger partial charge in [-0.3, -0.25) is 9.59 Å². The molecule has 0 bridgehead atoms. The number of anilines is 2. The Balaban J connectivity index is 1.77. The number of nitrogens with one attached hydrogen (secondary N) is 1. The van der Waals surface area contributed by atoms with Gasteiger partial charge in [0.25, 0.3) is 0 Å². The molecular weight excluding hydrogens is 383 g/mol. The second-order valence-corrected chi connectivity index (χ2v) is 7.23. The molecule has 0 radical (unpaired) electrons. The first-order valence-electron chi connectivity index (χ1n) is 7.67. The van der Waals surface area contributed by atoms with Crippen LogP contribution in [0.4, 0.5) is 11.4 Å². The van der Waals surface area contributed by atoms with E-state index in [1.165, 1.54) is 4.90 Å². The summed E-state index contributed by atoms with van der Waals surface area (Å²) in [5, 5.41) is 4.29. The van der Waals surface area contributed by atoms with Crippen LogP contribution in [0.3, 0.4) is 0 Å². The van der Waals surface area contributed by atoms with Gasteiger partial charge in [0.05, 0.1) is 16.6 Å². The molecule has 25 heavy (non-hydrogen) atoms. The minimum absolute atomic E-state index is 0.119. The van der Waals surface area contributed by atoms with Gasteiger partial charge in [0.1, 0.15) is 0 Å². The lowest BCUT2D eigenvalue weighted by atomic mass is 10.1. The zero-order chi connectivity index (χ0) is 18.1. The molecule has 0 saturated carbocycles. The van der Waals surface area contributed by atoms with Gasteiger partial charge >= 0.3 is 0 Å². The Hall–Kier alpha value is -1.75. The molecule has 1 N–H and O–H groups in total. The molecule has 3 rings (SSSR count). The molecule has 1 heterocycles. The standard InChI is InChI=1S/C18H15Cl3N2O2/c1-10-2-3-12(19)7-15(10)22-18(25)11-6-17(24)23(9-11)16-8-13(20)4-5-14(16)21/h2-5,7-8,11H,6,9H2,1H3,(H,22,25)/t11-/m0/s1. The highest BCUT2D eigenvalue weighted by atomic mass is 35.5. The van der Waals surface area contributed by atoms with E-state index in [4.69, 9.17) is 34.8 Å². The Morgan fingerprint density at radius 2 is 1.80 bits per heavy atom. The van der Waals surface area contributed by atoms with E-state index in [2.05, 4.69) is 5.32 Å². The van der Waals surface area contributed by atoms with E-state index < -0.39 is 5.92 Å². The number of halogens is 3. The molecular formula is C18H15Cl3N2O2. The fourth-order valence-electron chi connectivity index (χ4n) is 2.77. The zero-order valence-electron chi connectivity index (χ0n) is 13.4. The minimum atomic E-state index is -0.471. The third kappa shape index (κ3) is 3.92. The van der Waals surface area contributed by atoms with Gasteiger partial charge in [0.2, 0.25) is 11.8 Å². The molecule has 4 nitrogen and oxygen atoms in total. The Kier molecular flexibility index (Phi) is 5.23. The Labute approximate surface area is 160 Å². The van der Waals surface area contributed by atoms with Crippen molar-refractivity contribution in [2.45, 2.75) is 13.3 Å². The maximum Gasteiger partial charge on any atom is 0.229 e. The molecule has 1 fully saturated rings. The van der Waals surface area contributed by atoms with Crippen LogP contribution >= 0.6 is 34.8 Å². The van der Waals surface area contributed by atoms with Crippen molar-refractivity contribution < 1.29 is 9.59 Å². The summed E-state index contributed by atoms with van der Waals surface area (Å²) < 4.78 is 0. The van der Waals surface area contributed by atoms with Crippen LogP contribution in [0.1, 0.15) is 12.0 Å². The van der Waals surface area contributed by atoms with Gasteiger partial charge in [-0.1, -0.05) is 40.9 Å². The van der Waals surface area contributed by atoms with Gasteiger partial charge in [0.15, 0.2) is 0 Å². The molecule has 1 aliphatic rings. The third-order valence-electron chi connectivity index (χ3n) is 4.15. The van der Waals surface area contributed by atoms with Gasteiger partial charge in [-0.25, -0.2) is 0 Å². The number of amides is 2. The number of hydrogen-bond acceptors (Lipinski definition) is 2. The Morgan fingerprint density at radius 1 is 1.12 bits per heavy atom. The summed E-state index contributed by atoms with van der Waals surface area (Å²) in [6.45, 7) is 2.13. The first kappa shape index (κ1) is 18.1. The van der Waals surface area contributed by atoms with E-state index >= 15 is 0 Å². The molecule has 2 aromatic carbocycles. The highest BCUT2D eigenvalue weighted by Gasteiger charge is 2.36. The maximum absolute atomic E-state index is 12.6. The van der Waals surface area contributed by atoms with E-state index in [9.17, 15) is 9.59 Å². The molecule has 1 saturated heterocycles. The normalized spacial score (nSPS) is 17.0. The molecule has 0 unspecified atom stereocenters. The van der Waals surface area contributed by atoms with Gasteiger partial charge in [-0.05, 0) is 42.8 Å². The molecule has 7 heteroatoms. The highest BCUT2D eigenvalue weighted by molar-refractivity contribution is 6.36. The number of hydrogen-bond donors (Lipinski definition) is 1. The van der Waals surface area contributed by atoms with Crippen LogP contribution in [0.15, 0.2) is 36.4 Å². The van der Waals surface area contributed by atoms with Crippen molar-refractivity contribution in [3.63, 3.8) is 0 Å². The predicted octanol–water partition coefficient (Wildman–Crippen LogP) is 4.95. The third-order valence-corrected chi connectivity index (χ3v) is 4.94. The van der Waals surface area contributed by atoms with Crippen LogP contribution in [-0.2, 0) is 9.59 Å². The summed E-state index contributed by atoms with van der Waals surface area (Å²) in [7, 11) is 0. The van der Waals surface area contributed by atoms with Crippen LogP contribution in [0, 0.1) is 12.8 Å². The van der Waals surface area contributed by atoms with Crippen molar-refractivity contribution in [2.75, 3.05) is 16.8 Å². The number of rotatable bonds is 3. The fraction of sp³-hybridized carbons (Fsp3) is 0.222. The second-order valence-electron chi connectivity index (χ2n) is 5.95. The Morgan fingerprint density at radius 3 is 2.56 bits per heavy atom. The van der Waals surface area contributed by atoms with E-state index in [0.717, 1.165) is 5.56 Å². The molecule has 0 aromatic heterocycles. The van der Waals surface area contributed by atoms with Crippen LogP contribution < -0.4 is 10.2 Å².